The van der Waals surface area contributed by atoms with Crippen molar-refractivity contribution in [1.82, 2.24) is 0 Å². The van der Waals surface area contributed by atoms with Crippen LogP contribution in [0.2, 0.25) is 4.34 Å². The van der Waals surface area contributed by atoms with E-state index in [-0.39, 0.29) is 6.04 Å². The van der Waals surface area contributed by atoms with E-state index in [1.807, 2.05) is 12.1 Å². The lowest BCUT2D eigenvalue weighted by molar-refractivity contribution is 0.603. The van der Waals surface area contributed by atoms with Crippen LogP contribution in [-0.2, 0) is 16.6 Å². The van der Waals surface area contributed by atoms with Crippen molar-refractivity contribution in [3.8, 4) is 0 Å². The van der Waals surface area contributed by atoms with Gasteiger partial charge in [0.2, 0.25) is 0 Å². The second-order valence-electron chi connectivity index (χ2n) is 4.89. The third kappa shape index (κ3) is 3.49. The van der Waals surface area contributed by atoms with E-state index in [9.17, 15) is 8.42 Å². The van der Waals surface area contributed by atoms with E-state index >= 15 is 0 Å². The van der Waals surface area contributed by atoms with E-state index in [1.54, 1.807) is 29.5 Å². The summed E-state index contributed by atoms with van der Waals surface area (Å²) >= 11 is 7.66. The van der Waals surface area contributed by atoms with Crippen LogP contribution in [0.1, 0.15) is 22.9 Å². The predicted octanol–water partition coefficient (Wildman–Crippen LogP) is 3.12. The molecule has 1 aromatic carbocycles. The zero-order valence-corrected chi connectivity index (χ0v) is 13.4. The Bertz CT molecular complexity index is 773. The van der Waals surface area contributed by atoms with Crippen LogP contribution in [0.25, 0.3) is 0 Å². The average molecular weight is 344 g/mol. The first kappa shape index (κ1) is 14.6. The highest BCUT2D eigenvalue weighted by atomic mass is 35.5. The standard InChI is InChI=1S/C13H14ClN3O2S2/c14-13-7-10-11(4-5-12(10)20-13)16-8-2-1-3-9(6-8)17-21(15,18)19/h1-3,6-7,11,16-17H,4-5H2,(H2,15,18,19). The van der Waals surface area contributed by atoms with Crippen LogP contribution >= 0.6 is 22.9 Å². The maximum atomic E-state index is 11.1. The van der Waals surface area contributed by atoms with Crippen LogP contribution in [0, 0.1) is 0 Å². The number of fused-ring (bicyclic) bond motifs is 1. The highest BCUT2D eigenvalue weighted by Gasteiger charge is 2.24. The van der Waals surface area contributed by atoms with Gasteiger partial charge in [0, 0.05) is 10.6 Å². The van der Waals surface area contributed by atoms with Crippen molar-refractivity contribution in [3.63, 3.8) is 0 Å². The summed E-state index contributed by atoms with van der Waals surface area (Å²) in [6.07, 6.45) is 2.02. The number of benzene rings is 1. The van der Waals surface area contributed by atoms with Gasteiger partial charge < -0.3 is 5.32 Å². The molecule has 8 heteroatoms. The Hall–Kier alpha value is -1.28. The van der Waals surface area contributed by atoms with Gasteiger partial charge in [-0.05, 0) is 42.7 Å². The Morgan fingerprint density at radius 3 is 2.81 bits per heavy atom. The molecule has 3 rings (SSSR count). The van der Waals surface area contributed by atoms with Crippen molar-refractivity contribution < 1.29 is 8.42 Å². The molecule has 5 nitrogen and oxygen atoms in total. The second kappa shape index (κ2) is 5.49. The summed E-state index contributed by atoms with van der Waals surface area (Å²) in [5.74, 6) is 0. The lowest BCUT2D eigenvalue weighted by atomic mass is 10.1. The summed E-state index contributed by atoms with van der Waals surface area (Å²) < 4.78 is 25.2. The quantitative estimate of drug-likeness (QED) is 0.797. The molecule has 2 aromatic rings. The fourth-order valence-electron chi connectivity index (χ4n) is 2.52. The van der Waals surface area contributed by atoms with Gasteiger partial charge in [-0.3, -0.25) is 4.72 Å². The van der Waals surface area contributed by atoms with Crippen molar-refractivity contribution in [3.05, 3.63) is 45.1 Å². The largest absolute Gasteiger partial charge is 0.378 e. The summed E-state index contributed by atoms with van der Waals surface area (Å²) in [5.41, 5.74) is 2.50. The molecule has 1 aliphatic rings. The molecule has 0 aliphatic heterocycles. The van der Waals surface area contributed by atoms with Crippen LogP contribution in [0.3, 0.4) is 0 Å². The fourth-order valence-corrected chi connectivity index (χ4v) is 4.33. The topological polar surface area (TPSA) is 84.2 Å². The summed E-state index contributed by atoms with van der Waals surface area (Å²) in [5, 5.41) is 8.38. The first-order valence-electron chi connectivity index (χ1n) is 6.36. The lowest BCUT2D eigenvalue weighted by Gasteiger charge is -2.15. The van der Waals surface area contributed by atoms with E-state index in [0.717, 1.165) is 22.9 Å². The molecule has 1 heterocycles. The highest BCUT2D eigenvalue weighted by molar-refractivity contribution is 7.90. The molecule has 0 fully saturated rings. The van der Waals surface area contributed by atoms with Gasteiger partial charge in [-0.15, -0.1) is 11.3 Å². The van der Waals surface area contributed by atoms with E-state index < -0.39 is 10.2 Å². The van der Waals surface area contributed by atoms with Crippen molar-refractivity contribution in [1.29, 1.82) is 0 Å². The smallest absolute Gasteiger partial charge is 0.296 e. The number of rotatable bonds is 4. The Kier molecular flexibility index (Phi) is 3.83. The number of hydrogen-bond acceptors (Lipinski definition) is 4. The lowest BCUT2D eigenvalue weighted by Crippen LogP contribution is -2.21. The van der Waals surface area contributed by atoms with Crippen LogP contribution in [0.15, 0.2) is 30.3 Å². The molecule has 1 aliphatic carbocycles. The number of hydrogen-bond donors (Lipinski definition) is 3. The molecule has 21 heavy (non-hydrogen) atoms. The first-order chi connectivity index (χ1) is 9.90. The number of nitrogens with one attached hydrogen (secondary N) is 2. The van der Waals surface area contributed by atoms with Crippen molar-refractivity contribution >= 4 is 44.5 Å². The molecule has 1 aromatic heterocycles. The molecule has 0 radical (unpaired) electrons. The molecule has 0 spiro atoms. The van der Waals surface area contributed by atoms with Crippen molar-refractivity contribution in [2.75, 3.05) is 10.0 Å². The van der Waals surface area contributed by atoms with E-state index in [0.29, 0.717) is 5.69 Å². The van der Waals surface area contributed by atoms with Gasteiger partial charge in [0.05, 0.1) is 16.1 Å². The number of anilines is 2. The molecular formula is C13H14ClN3O2S2. The number of aryl methyl sites for hydroxylation is 1. The number of nitrogens with two attached hydrogens (primary N) is 1. The third-order valence-electron chi connectivity index (χ3n) is 3.31. The summed E-state index contributed by atoms with van der Waals surface area (Å²) in [6, 6.07) is 9.23. The molecule has 1 atom stereocenters. The third-order valence-corrected chi connectivity index (χ3v) is 5.17. The molecule has 4 N–H and O–H groups in total. The predicted molar refractivity (Wildman–Crippen MR) is 87.2 cm³/mol. The zero-order valence-electron chi connectivity index (χ0n) is 11.0. The highest BCUT2D eigenvalue weighted by Crippen LogP contribution is 2.41. The summed E-state index contributed by atoms with van der Waals surface area (Å²) in [7, 11) is -3.76. The average Bonchev–Trinajstić information content (AvgIpc) is 2.88. The molecule has 0 saturated carbocycles. The number of halogens is 1. The molecule has 112 valence electrons. The second-order valence-corrected chi connectivity index (χ2v) is 7.95. The minimum absolute atomic E-state index is 0.202. The maximum Gasteiger partial charge on any atom is 0.296 e. The maximum absolute atomic E-state index is 11.1. The fraction of sp³-hybridized carbons (Fsp3) is 0.231. The van der Waals surface area contributed by atoms with Gasteiger partial charge >= 0.3 is 0 Å². The van der Waals surface area contributed by atoms with Gasteiger partial charge in [0.25, 0.3) is 10.2 Å². The Morgan fingerprint density at radius 2 is 2.05 bits per heavy atom. The van der Waals surface area contributed by atoms with E-state index in [2.05, 4.69) is 10.0 Å². The Morgan fingerprint density at radius 1 is 1.29 bits per heavy atom. The minimum Gasteiger partial charge on any atom is -0.378 e. The zero-order chi connectivity index (χ0) is 15.0. The van der Waals surface area contributed by atoms with Crippen LogP contribution < -0.4 is 15.2 Å². The van der Waals surface area contributed by atoms with Gasteiger partial charge in [-0.1, -0.05) is 17.7 Å². The van der Waals surface area contributed by atoms with Crippen molar-refractivity contribution in [2.24, 2.45) is 5.14 Å². The molecule has 0 saturated heterocycles. The summed E-state index contributed by atoms with van der Waals surface area (Å²) in [4.78, 5) is 1.32. The Balaban J connectivity index is 1.78. The van der Waals surface area contributed by atoms with E-state index in [1.165, 1.54) is 10.4 Å². The molecule has 0 bridgehead atoms. The van der Waals surface area contributed by atoms with Crippen LogP contribution in [0.4, 0.5) is 11.4 Å². The molecular weight excluding hydrogens is 330 g/mol. The van der Waals surface area contributed by atoms with Gasteiger partial charge in [0.1, 0.15) is 0 Å². The molecule has 1 unspecified atom stereocenters. The normalized spacial score (nSPS) is 17.5. The van der Waals surface area contributed by atoms with Crippen LogP contribution in [0.5, 0.6) is 0 Å². The van der Waals surface area contributed by atoms with Gasteiger partial charge in [0.15, 0.2) is 0 Å². The first-order valence-corrected chi connectivity index (χ1v) is 9.10. The van der Waals surface area contributed by atoms with Crippen LogP contribution in [-0.4, -0.2) is 8.42 Å². The molecule has 0 amide bonds. The Labute approximate surface area is 132 Å². The summed E-state index contributed by atoms with van der Waals surface area (Å²) in [6.45, 7) is 0. The monoisotopic (exact) mass is 343 g/mol. The van der Waals surface area contributed by atoms with Gasteiger partial charge in [-0.25, -0.2) is 5.14 Å². The SMILES string of the molecule is NS(=O)(=O)Nc1cccc(NC2CCc3sc(Cl)cc32)c1. The van der Waals surface area contributed by atoms with E-state index in [4.69, 9.17) is 16.7 Å². The number of thiophene rings is 1. The minimum atomic E-state index is -3.76. The van der Waals surface area contributed by atoms with Gasteiger partial charge in [-0.2, -0.15) is 8.42 Å². The van der Waals surface area contributed by atoms with Crippen molar-refractivity contribution in [2.45, 2.75) is 18.9 Å².